The van der Waals surface area contributed by atoms with Crippen molar-refractivity contribution in [2.75, 3.05) is 13.2 Å². The first kappa shape index (κ1) is 55.6. The lowest BCUT2D eigenvalue weighted by molar-refractivity contribution is -0.134. The molecule has 1 aromatic carbocycles. The van der Waals surface area contributed by atoms with Gasteiger partial charge in [-0.05, 0) is 37.5 Å². The van der Waals surface area contributed by atoms with Gasteiger partial charge in [0.2, 0.25) is 0 Å². The van der Waals surface area contributed by atoms with Crippen LogP contribution in [0.2, 0.25) is 0 Å². The SMILES string of the molecule is CCCCCCCCCCCCCCCCOP(=O)(OCc1ccc(OC(=O)CCC)cc1)OP(=O)(O)OP(=O)(O)OC[C@H]1O[C@@H](n2cc(C)c(=O)[nH]c2=O)C[C@@H]1F.N.N. The van der Waals surface area contributed by atoms with Gasteiger partial charge in [0.15, 0.2) is 0 Å². The molecule has 1 aliphatic heterocycles. The van der Waals surface area contributed by atoms with Gasteiger partial charge >= 0.3 is 35.1 Å². The second kappa shape index (κ2) is 28.3. The van der Waals surface area contributed by atoms with Crippen LogP contribution < -0.4 is 28.3 Å². The number of aromatic amines is 1. The predicted molar refractivity (Wildman–Crippen MR) is 223 cm³/mol. The third-order valence-corrected chi connectivity index (χ3v) is 13.9. The van der Waals surface area contributed by atoms with E-state index in [0.717, 1.165) is 30.3 Å². The van der Waals surface area contributed by atoms with Crippen molar-refractivity contribution in [2.24, 2.45) is 0 Å². The average molecular weight is 919 g/mol. The number of benzene rings is 1. The van der Waals surface area contributed by atoms with Crippen molar-refractivity contribution < 1.29 is 64.3 Å². The summed E-state index contributed by atoms with van der Waals surface area (Å²) >= 11 is 0. The van der Waals surface area contributed by atoms with Crippen LogP contribution >= 0.6 is 23.5 Å². The Balaban J connectivity index is 0.00000900. The van der Waals surface area contributed by atoms with Crippen LogP contribution in [0.3, 0.4) is 0 Å². The van der Waals surface area contributed by atoms with Crippen LogP contribution in [-0.4, -0.2) is 50.8 Å². The number of hydrogen-bond acceptors (Lipinski definition) is 15. The molecular formula is C37H66FN4O15P3. The topological polar surface area (TPSA) is 298 Å². The number of rotatable bonds is 30. The van der Waals surface area contributed by atoms with E-state index in [1.807, 2.05) is 6.92 Å². The van der Waals surface area contributed by atoms with Crippen LogP contribution in [0, 0.1) is 6.92 Å². The van der Waals surface area contributed by atoms with Crippen molar-refractivity contribution in [3.05, 3.63) is 62.4 Å². The quantitative estimate of drug-likeness (QED) is 0.0211. The maximum Gasteiger partial charge on any atom is 0.490 e. The van der Waals surface area contributed by atoms with E-state index in [9.17, 15) is 42.3 Å². The number of ether oxygens (including phenoxy) is 2. The molecular weight excluding hydrogens is 852 g/mol. The Labute approximate surface area is 351 Å². The minimum Gasteiger partial charge on any atom is -0.427 e. The van der Waals surface area contributed by atoms with Crippen LogP contribution in [0.5, 0.6) is 5.75 Å². The first-order valence-electron chi connectivity index (χ1n) is 20.1. The summed E-state index contributed by atoms with van der Waals surface area (Å²) in [6, 6.07) is 5.90. The zero-order chi connectivity index (χ0) is 42.6. The number of alkyl halides is 1. The summed E-state index contributed by atoms with van der Waals surface area (Å²) in [5, 5.41) is 0. The minimum absolute atomic E-state index is 0. The summed E-state index contributed by atoms with van der Waals surface area (Å²) in [5.74, 6) is -0.173. The third-order valence-electron chi connectivity index (χ3n) is 9.18. The van der Waals surface area contributed by atoms with E-state index >= 15 is 0 Å². The number of H-pyrrole nitrogens is 1. The number of nitrogens with one attached hydrogen (secondary N) is 1. The summed E-state index contributed by atoms with van der Waals surface area (Å²) in [4.78, 5) is 58.5. The Kier molecular flexibility index (Phi) is 26.2. The number of phosphoric acid groups is 3. The van der Waals surface area contributed by atoms with E-state index in [1.165, 1.54) is 88.8 Å². The Morgan fingerprint density at radius 2 is 1.38 bits per heavy atom. The minimum atomic E-state index is -5.75. The molecule has 1 fully saturated rings. The molecule has 9 N–H and O–H groups in total. The monoisotopic (exact) mass is 918 g/mol. The number of carbonyl (C=O) groups is 1. The standard InChI is InChI=1S/C37H60FN2O15P3.2H3N/c1-4-6-7-8-9-10-11-12-13-14-15-16-17-18-24-49-58(48,51-27-30-20-22-31(23-21-30)52-35(41)19-5-2)55-57(46,47)54-56(44,45)50-28-33-32(38)25-34(53-33)40-26-29(3)36(42)39-37(40)43;;/h20-23,26,32-34H,4-19,24-25,27-28H2,1-3H3,(H,44,45)(H,46,47)(H,39,42,43);2*1H3/t32-,33+,34+,58?;;/m0../s1. The normalized spacial score (nSPS) is 19.3. The Hall–Kier alpha value is -2.41. The highest BCUT2D eigenvalue weighted by Crippen LogP contribution is 2.69. The second-order valence-corrected chi connectivity index (χ2v) is 19.1. The Morgan fingerprint density at radius 3 is 1.95 bits per heavy atom. The van der Waals surface area contributed by atoms with Gasteiger partial charge in [0.1, 0.15) is 24.3 Å². The Bertz CT molecular complexity index is 1820. The molecule has 60 heavy (non-hydrogen) atoms. The zero-order valence-electron chi connectivity index (χ0n) is 35.0. The van der Waals surface area contributed by atoms with Gasteiger partial charge in [0, 0.05) is 24.6 Å². The number of unbranched alkanes of at least 4 members (excludes halogenated alkanes) is 13. The number of esters is 1. The molecule has 3 unspecified atom stereocenters. The lowest BCUT2D eigenvalue weighted by Crippen LogP contribution is -2.33. The van der Waals surface area contributed by atoms with E-state index in [4.69, 9.17) is 27.4 Å². The largest absolute Gasteiger partial charge is 0.490 e. The molecule has 1 saturated heterocycles. The summed E-state index contributed by atoms with van der Waals surface area (Å²) in [6.45, 7) is 3.79. The van der Waals surface area contributed by atoms with E-state index in [2.05, 4.69) is 16.2 Å². The number of aromatic nitrogens is 2. The van der Waals surface area contributed by atoms with E-state index in [0.29, 0.717) is 24.8 Å². The fourth-order valence-electron chi connectivity index (χ4n) is 6.02. The highest BCUT2D eigenvalue weighted by atomic mass is 31.3. The molecule has 0 saturated carbocycles. The number of phosphoric ester groups is 2. The van der Waals surface area contributed by atoms with Crippen molar-refractivity contribution in [1.82, 2.24) is 21.9 Å². The van der Waals surface area contributed by atoms with Gasteiger partial charge in [-0.2, -0.15) is 8.62 Å². The molecule has 0 radical (unpaired) electrons. The molecule has 346 valence electrons. The number of aryl methyl sites for hydroxylation is 1. The zero-order valence-corrected chi connectivity index (χ0v) is 37.7. The number of carbonyl (C=O) groups excluding carboxylic acids is 1. The number of hydrogen-bond donors (Lipinski definition) is 5. The first-order valence-corrected chi connectivity index (χ1v) is 24.5. The van der Waals surface area contributed by atoms with Gasteiger partial charge < -0.3 is 31.6 Å². The van der Waals surface area contributed by atoms with Gasteiger partial charge in [-0.3, -0.25) is 32.7 Å². The maximum atomic E-state index is 14.8. The molecule has 23 heteroatoms. The molecule has 1 aromatic heterocycles. The lowest BCUT2D eigenvalue weighted by atomic mass is 10.0. The van der Waals surface area contributed by atoms with Crippen molar-refractivity contribution >= 4 is 29.4 Å². The van der Waals surface area contributed by atoms with Crippen molar-refractivity contribution in [2.45, 2.75) is 155 Å². The molecule has 2 aromatic rings. The molecule has 0 aliphatic carbocycles. The lowest BCUT2D eigenvalue weighted by Gasteiger charge is -2.22. The van der Waals surface area contributed by atoms with E-state index in [1.54, 1.807) is 0 Å². The highest BCUT2D eigenvalue weighted by Gasteiger charge is 2.45. The highest BCUT2D eigenvalue weighted by molar-refractivity contribution is 7.67. The van der Waals surface area contributed by atoms with Crippen molar-refractivity contribution in [1.29, 1.82) is 0 Å². The van der Waals surface area contributed by atoms with E-state index in [-0.39, 0.29) is 43.1 Å². The molecule has 2 heterocycles. The Morgan fingerprint density at radius 1 is 0.817 bits per heavy atom. The van der Waals surface area contributed by atoms with Crippen LogP contribution in [0.15, 0.2) is 40.1 Å². The van der Waals surface area contributed by atoms with Gasteiger partial charge in [-0.15, -0.1) is 0 Å². The molecule has 3 rings (SSSR count). The molecule has 6 atom stereocenters. The van der Waals surface area contributed by atoms with Gasteiger partial charge in [0.05, 0.1) is 19.8 Å². The summed E-state index contributed by atoms with van der Waals surface area (Å²) in [7, 11) is -16.3. The molecule has 0 bridgehead atoms. The molecule has 0 amide bonds. The van der Waals surface area contributed by atoms with Crippen molar-refractivity contribution in [3.63, 3.8) is 0 Å². The second-order valence-electron chi connectivity index (χ2n) is 14.3. The fourth-order valence-corrected chi connectivity index (χ4v) is 10.1. The molecule has 1 aliphatic rings. The van der Waals surface area contributed by atoms with Crippen LogP contribution in [0.25, 0.3) is 0 Å². The van der Waals surface area contributed by atoms with E-state index < -0.39 is 72.4 Å². The summed E-state index contributed by atoms with van der Waals surface area (Å²) in [5.41, 5.74) is -0.982. The van der Waals surface area contributed by atoms with Crippen LogP contribution in [-0.2, 0) is 52.0 Å². The maximum absolute atomic E-state index is 14.8. The van der Waals surface area contributed by atoms with Gasteiger partial charge in [-0.25, -0.2) is 22.9 Å². The third kappa shape index (κ3) is 21.1. The smallest absolute Gasteiger partial charge is 0.427 e. The summed E-state index contributed by atoms with van der Waals surface area (Å²) in [6.07, 6.45) is 12.4. The number of halogens is 1. The predicted octanol–water partition coefficient (Wildman–Crippen LogP) is 9.57. The van der Waals surface area contributed by atoms with Gasteiger partial charge in [-0.1, -0.05) is 109 Å². The molecule has 0 spiro atoms. The van der Waals surface area contributed by atoms with Crippen molar-refractivity contribution in [3.8, 4) is 5.75 Å². The van der Waals surface area contributed by atoms with Crippen LogP contribution in [0.4, 0.5) is 4.39 Å². The summed E-state index contributed by atoms with van der Waals surface area (Å²) < 4.78 is 90.3. The first-order chi connectivity index (χ1) is 27.5. The van der Waals surface area contributed by atoms with Gasteiger partial charge in [0.25, 0.3) is 5.56 Å². The average Bonchev–Trinajstić information content (AvgIpc) is 3.52. The molecule has 19 nitrogen and oxygen atoms in total. The fraction of sp³-hybridized carbons (Fsp3) is 0.703. The number of nitrogens with zero attached hydrogens (tertiary/aromatic N) is 1. The van der Waals surface area contributed by atoms with Crippen LogP contribution in [0.1, 0.15) is 140 Å².